The fraction of sp³-hybridized carbons (Fsp3) is 0.583. The van der Waals surface area contributed by atoms with E-state index in [9.17, 15) is 0 Å². The van der Waals surface area contributed by atoms with E-state index in [4.69, 9.17) is 0 Å². The predicted molar refractivity (Wildman–Crippen MR) is 65.9 cm³/mol. The molecule has 0 amide bonds. The second-order valence-corrected chi connectivity index (χ2v) is 4.69. The van der Waals surface area contributed by atoms with Crippen molar-refractivity contribution in [3.8, 4) is 0 Å². The molecule has 0 atom stereocenters. The Morgan fingerprint density at radius 3 is 2.76 bits per heavy atom. The van der Waals surface area contributed by atoms with Crippen LogP contribution >= 0.6 is 0 Å². The zero-order chi connectivity index (χ0) is 11.5. The molecule has 3 rings (SSSR count). The maximum atomic E-state index is 4.44. The average molecular weight is 231 g/mol. The van der Waals surface area contributed by atoms with E-state index in [0.29, 0.717) is 6.04 Å². The minimum absolute atomic E-state index is 0.568. The van der Waals surface area contributed by atoms with Gasteiger partial charge in [0.2, 0.25) is 0 Å². The Bertz CT molecular complexity index is 484. The van der Waals surface area contributed by atoms with Gasteiger partial charge in [0, 0.05) is 6.04 Å². The third-order valence-electron chi connectivity index (χ3n) is 3.37. The molecule has 1 aliphatic carbocycles. The van der Waals surface area contributed by atoms with Crippen molar-refractivity contribution in [2.75, 3.05) is 5.32 Å². The summed E-state index contributed by atoms with van der Waals surface area (Å²) in [6.07, 6.45) is 9.53. The lowest BCUT2D eigenvalue weighted by atomic mass is 10.1. The molecule has 0 aromatic carbocycles. The number of anilines is 1. The van der Waals surface area contributed by atoms with Gasteiger partial charge in [-0.05, 0) is 25.0 Å². The van der Waals surface area contributed by atoms with Gasteiger partial charge in [-0.15, -0.1) is 15.3 Å². The van der Waals surface area contributed by atoms with Gasteiger partial charge in [-0.3, -0.25) is 0 Å². The van der Waals surface area contributed by atoms with E-state index < -0.39 is 0 Å². The van der Waals surface area contributed by atoms with Crippen LogP contribution in [0.15, 0.2) is 18.5 Å². The average Bonchev–Trinajstić information content (AvgIpc) is 2.65. The second kappa shape index (κ2) is 4.69. The van der Waals surface area contributed by atoms with Crippen molar-refractivity contribution >= 4 is 11.5 Å². The monoisotopic (exact) mass is 231 g/mol. The number of nitrogens with zero attached hydrogens (tertiary/aromatic N) is 4. The molecule has 0 radical (unpaired) electrons. The van der Waals surface area contributed by atoms with Gasteiger partial charge in [-0.2, -0.15) is 4.52 Å². The van der Waals surface area contributed by atoms with Gasteiger partial charge < -0.3 is 5.32 Å². The molecule has 1 aliphatic rings. The van der Waals surface area contributed by atoms with E-state index in [1.165, 1.54) is 38.5 Å². The van der Waals surface area contributed by atoms with Gasteiger partial charge in [0.05, 0.1) is 0 Å². The molecule has 17 heavy (non-hydrogen) atoms. The van der Waals surface area contributed by atoms with E-state index in [0.717, 1.165) is 11.5 Å². The highest BCUT2D eigenvalue weighted by Crippen LogP contribution is 2.20. The molecule has 0 spiro atoms. The van der Waals surface area contributed by atoms with Crippen LogP contribution in [0.5, 0.6) is 0 Å². The summed E-state index contributed by atoms with van der Waals surface area (Å²) in [5, 5.41) is 15.7. The molecule has 5 nitrogen and oxygen atoms in total. The standard InChI is InChI=1S/C12H17N5/c1-2-4-6-10(5-3-1)14-11-7-8-12-15-13-9-17(12)16-11/h7-10H,1-6H2,(H,14,16). The van der Waals surface area contributed by atoms with Crippen molar-refractivity contribution in [3.63, 3.8) is 0 Å². The van der Waals surface area contributed by atoms with Crippen molar-refractivity contribution in [3.05, 3.63) is 18.5 Å². The Morgan fingerprint density at radius 2 is 1.94 bits per heavy atom. The zero-order valence-corrected chi connectivity index (χ0v) is 9.84. The Labute approximate surface area is 100 Å². The van der Waals surface area contributed by atoms with Crippen LogP contribution in [0.1, 0.15) is 38.5 Å². The summed E-state index contributed by atoms with van der Waals surface area (Å²) in [4.78, 5) is 0. The van der Waals surface area contributed by atoms with Crippen molar-refractivity contribution < 1.29 is 0 Å². The highest BCUT2D eigenvalue weighted by molar-refractivity contribution is 5.43. The van der Waals surface area contributed by atoms with Crippen LogP contribution in [-0.2, 0) is 0 Å². The maximum Gasteiger partial charge on any atom is 0.177 e. The first-order valence-electron chi connectivity index (χ1n) is 6.35. The summed E-state index contributed by atoms with van der Waals surface area (Å²) >= 11 is 0. The molecule has 0 saturated heterocycles. The Hall–Kier alpha value is -1.65. The quantitative estimate of drug-likeness (QED) is 0.805. The van der Waals surface area contributed by atoms with Crippen LogP contribution in [0.3, 0.4) is 0 Å². The number of hydrogen-bond donors (Lipinski definition) is 1. The van der Waals surface area contributed by atoms with Gasteiger partial charge in [0.1, 0.15) is 12.1 Å². The summed E-state index contributed by atoms with van der Waals surface area (Å²) in [5.74, 6) is 0.921. The fourth-order valence-electron chi connectivity index (χ4n) is 2.44. The van der Waals surface area contributed by atoms with Crippen molar-refractivity contribution in [2.45, 2.75) is 44.6 Å². The van der Waals surface area contributed by atoms with Gasteiger partial charge in [-0.1, -0.05) is 25.7 Å². The Morgan fingerprint density at radius 1 is 1.12 bits per heavy atom. The van der Waals surface area contributed by atoms with E-state index in [-0.39, 0.29) is 0 Å². The maximum absolute atomic E-state index is 4.44. The molecular weight excluding hydrogens is 214 g/mol. The first-order valence-corrected chi connectivity index (χ1v) is 6.35. The minimum atomic E-state index is 0.568. The number of aromatic nitrogens is 4. The normalized spacial score (nSPS) is 18.1. The smallest absolute Gasteiger partial charge is 0.177 e. The largest absolute Gasteiger partial charge is 0.366 e. The molecule has 2 aromatic rings. The van der Waals surface area contributed by atoms with Crippen molar-refractivity contribution in [1.82, 2.24) is 19.8 Å². The van der Waals surface area contributed by atoms with E-state index in [1.807, 2.05) is 12.1 Å². The zero-order valence-electron chi connectivity index (χ0n) is 9.84. The third kappa shape index (κ3) is 2.38. The number of fused-ring (bicyclic) bond motifs is 1. The summed E-state index contributed by atoms with van der Waals surface area (Å²) in [6, 6.07) is 4.49. The molecule has 2 heterocycles. The lowest BCUT2D eigenvalue weighted by molar-refractivity contribution is 0.615. The van der Waals surface area contributed by atoms with Crippen molar-refractivity contribution in [2.24, 2.45) is 0 Å². The van der Waals surface area contributed by atoms with Gasteiger partial charge in [-0.25, -0.2) is 0 Å². The van der Waals surface area contributed by atoms with Crippen LogP contribution in [0.2, 0.25) is 0 Å². The summed E-state index contributed by atoms with van der Waals surface area (Å²) < 4.78 is 1.71. The Balaban J connectivity index is 1.74. The Kier molecular flexibility index (Phi) is 2.90. The van der Waals surface area contributed by atoms with E-state index >= 15 is 0 Å². The summed E-state index contributed by atoms with van der Waals surface area (Å²) in [6.45, 7) is 0. The number of hydrogen-bond acceptors (Lipinski definition) is 4. The van der Waals surface area contributed by atoms with E-state index in [1.54, 1.807) is 10.8 Å². The lowest BCUT2D eigenvalue weighted by Gasteiger charge is -2.16. The SMILES string of the molecule is c1cc2nncn2nc1NC1CCCCCC1. The molecular formula is C12H17N5. The molecule has 0 unspecified atom stereocenters. The van der Waals surface area contributed by atoms with E-state index in [2.05, 4.69) is 20.6 Å². The van der Waals surface area contributed by atoms with Gasteiger partial charge in [0.25, 0.3) is 0 Å². The van der Waals surface area contributed by atoms with Gasteiger partial charge in [0.15, 0.2) is 5.65 Å². The first-order chi connectivity index (χ1) is 8.42. The lowest BCUT2D eigenvalue weighted by Crippen LogP contribution is -2.19. The summed E-state index contributed by atoms with van der Waals surface area (Å²) in [5.41, 5.74) is 0.788. The van der Waals surface area contributed by atoms with Crippen molar-refractivity contribution in [1.29, 1.82) is 0 Å². The van der Waals surface area contributed by atoms with Gasteiger partial charge >= 0.3 is 0 Å². The second-order valence-electron chi connectivity index (χ2n) is 4.69. The van der Waals surface area contributed by atoms with Crippen LogP contribution in [0.25, 0.3) is 5.65 Å². The highest BCUT2D eigenvalue weighted by Gasteiger charge is 2.12. The molecule has 5 heteroatoms. The molecule has 1 N–H and O–H groups in total. The molecule has 0 aliphatic heterocycles. The van der Waals surface area contributed by atoms with Crippen LogP contribution < -0.4 is 5.32 Å². The topological polar surface area (TPSA) is 55.1 Å². The number of rotatable bonds is 2. The predicted octanol–water partition coefficient (Wildman–Crippen LogP) is 2.26. The third-order valence-corrected chi connectivity index (χ3v) is 3.37. The molecule has 90 valence electrons. The van der Waals surface area contributed by atoms with Crippen LogP contribution in [-0.4, -0.2) is 25.9 Å². The molecule has 1 fully saturated rings. The fourth-order valence-corrected chi connectivity index (χ4v) is 2.44. The summed E-state index contributed by atoms with van der Waals surface area (Å²) in [7, 11) is 0. The molecule has 0 bridgehead atoms. The minimum Gasteiger partial charge on any atom is -0.366 e. The molecule has 1 saturated carbocycles. The number of nitrogens with one attached hydrogen (secondary N) is 1. The van der Waals surface area contributed by atoms with Crippen LogP contribution in [0.4, 0.5) is 5.82 Å². The highest BCUT2D eigenvalue weighted by atomic mass is 15.4. The van der Waals surface area contributed by atoms with Crippen LogP contribution in [0, 0.1) is 0 Å². The molecule has 2 aromatic heterocycles. The first kappa shape index (κ1) is 10.5.